The van der Waals surface area contributed by atoms with Gasteiger partial charge in [-0.25, -0.2) is 0 Å². The van der Waals surface area contributed by atoms with Crippen molar-refractivity contribution >= 4 is 0 Å². The van der Waals surface area contributed by atoms with E-state index in [1.54, 1.807) is 0 Å². The Morgan fingerprint density at radius 3 is 1.94 bits per heavy atom. The molecule has 0 bridgehead atoms. The van der Waals surface area contributed by atoms with E-state index in [1.807, 2.05) is 0 Å². The minimum absolute atomic E-state index is 0.871. The molecule has 1 aliphatic carbocycles. The van der Waals surface area contributed by atoms with E-state index in [0.29, 0.717) is 0 Å². The van der Waals surface area contributed by atoms with Crippen LogP contribution in [-0.2, 0) is 0 Å². The first-order valence-electron chi connectivity index (χ1n) is 7.40. The molecule has 0 amide bonds. The fourth-order valence-electron chi connectivity index (χ4n) is 3.91. The largest absolute Gasteiger partial charge is 0.0628 e. The number of hydrogen-bond acceptors (Lipinski definition) is 0. The Labute approximate surface area is 103 Å². The molecule has 4 atom stereocenters. The van der Waals surface area contributed by atoms with Gasteiger partial charge in [-0.2, -0.15) is 0 Å². The maximum atomic E-state index is 2.50. The highest BCUT2D eigenvalue weighted by atomic mass is 14.4. The Kier molecular flexibility index (Phi) is 5.34. The fraction of sp³-hybridized carbons (Fsp3) is 1.00. The minimum atomic E-state index is 0.871. The standard InChI is InChI=1S/C16H32/c1-11(2)7-15-10-13(5)9-14(6)16(15)8-12(3)4/h11-16H,7-10H2,1-6H3. The molecule has 0 radical (unpaired) electrons. The van der Waals surface area contributed by atoms with Crippen LogP contribution in [0.25, 0.3) is 0 Å². The van der Waals surface area contributed by atoms with Gasteiger partial charge in [0.1, 0.15) is 0 Å². The van der Waals surface area contributed by atoms with Crippen LogP contribution in [0.4, 0.5) is 0 Å². The molecular formula is C16H32. The molecule has 1 aliphatic rings. The average Bonchev–Trinajstić information content (AvgIpc) is 2.09. The van der Waals surface area contributed by atoms with E-state index in [2.05, 4.69) is 41.5 Å². The van der Waals surface area contributed by atoms with Gasteiger partial charge in [0, 0.05) is 0 Å². The molecule has 0 nitrogen and oxygen atoms in total. The van der Waals surface area contributed by atoms with E-state index in [0.717, 1.165) is 35.5 Å². The molecule has 0 aromatic heterocycles. The highest BCUT2D eigenvalue weighted by molar-refractivity contribution is 4.84. The van der Waals surface area contributed by atoms with Crippen molar-refractivity contribution in [1.29, 1.82) is 0 Å². The van der Waals surface area contributed by atoms with Gasteiger partial charge in [0.15, 0.2) is 0 Å². The Morgan fingerprint density at radius 1 is 0.875 bits per heavy atom. The van der Waals surface area contributed by atoms with Crippen molar-refractivity contribution in [2.45, 2.75) is 67.2 Å². The predicted molar refractivity (Wildman–Crippen MR) is 73.5 cm³/mol. The monoisotopic (exact) mass is 224 g/mol. The molecule has 1 saturated carbocycles. The third-order valence-corrected chi connectivity index (χ3v) is 4.33. The predicted octanol–water partition coefficient (Wildman–Crippen LogP) is 5.38. The quantitative estimate of drug-likeness (QED) is 0.601. The molecule has 0 N–H and O–H groups in total. The zero-order valence-corrected chi connectivity index (χ0v) is 12.3. The van der Waals surface area contributed by atoms with Crippen molar-refractivity contribution in [2.24, 2.45) is 35.5 Å². The van der Waals surface area contributed by atoms with Gasteiger partial charge in [-0.1, -0.05) is 41.5 Å². The lowest BCUT2D eigenvalue weighted by Gasteiger charge is -2.41. The first-order valence-corrected chi connectivity index (χ1v) is 7.40. The second kappa shape index (κ2) is 6.07. The van der Waals surface area contributed by atoms with E-state index in [4.69, 9.17) is 0 Å². The topological polar surface area (TPSA) is 0 Å². The molecule has 4 unspecified atom stereocenters. The third-order valence-electron chi connectivity index (χ3n) is 4.33. The zero-order valence-electron chi connectivity index (χ0n) is 12.3. The summed E-state index contributed by atoms with van der Waals surface area (Å²) >= 11 is 0. The summed E-state index contributed by atoms with van der Waals surface area (Å²) in [6.45, 7) is 14.5. The summed E-state index contributed by atoms with van der Waals surface area (Å²) < 4.78 is 0. The van der Waals surface area contributed by atoms with E-state index in [9.17, 15) is 0 Å². The molecule has 96 valence electrons. The molecular weight excluding hydrogens is 192 g/mol. The lowest BCUT2D eigenvalue weighted by molar-refractivity contribution is 0.0886. The molecule has 0 aromatic carbocycles. The maximum Gasteiger partial charge on any atom is -0.0357 e. The zero-order chi connectivity index (χ0) is 12.3. The van der Waals surface area contributed by atoms with Crippen LogP contribution in [0, 0.1) is 35.5 Å². The molecule has 16 heavy (non-hydrogen) atoms. The smallest absolute Gasteiger partial charge is 0.0357 e. The van der Waals surface area contributed by atoms with Gasteiger partial charge in [0.05, 0.1) is 0 Å². The molecule has 0 spiro atoms. The molecule has 0 aromatic rings. The Bertz CT molecular complexity index is 190. The van der Waals surface area contributed by atoms with Gasteiger partial charge in [-0.15, -0.1) is 0 Å². The molecule has 0 heterocycles. The lowest BCUT2D eigenvalue weighted by Crippen LogP contribution is -2.32. The van der Waals surface area contributed by atoms with Gasteiger partial charge in [0.2, 0.25) is 0 Å². The lowest BCUT2D eigenvalue weighted by atomic mass is 9.64. The van der Waals surface area contributed by atoms with Crippen molar-refractivity contribution < 1.29 is 0 Å². The van der Waals surface area contributed by atoms with Crippen LogP contribution in [0.2, 0.25) is 0 Å². The fourth-order valence-corrected chi connectivity index (χ4v) is 3.91. The van der Waals surface area contributed by atoms with Crippen molar-refractivity contribution in [1.82, 2.24) is 0 Å². The molecule has 1 rings (SSSR count). The van der Waals surface area contributed by atoms with Crippen LogP contribution >= 0.6 is 0 Å². The van der Waals surface area contributed by atoms with Crippen LogP contribution < -0.4 is 0 Å². The van der Waals surface area contributed by atoms with E-state index >= 15 is 0 Å². The SMILES string of the molecule is CC(C)CC1CC(C)CC(C)C1CC(C)C. The van der Waals surface area contributed by atoms with Gasteiger partial charge < -0.3 is 0 Å². The molecule has 0 aliphatic heterocycles. The highest BCUT2D eigenvalue weighted by Gasteiger charge is 2.34. The van der Waals surface area contributed by atoms with E-state index < -0.39 is 0 Å². The van der Waals surface area contributed by atoms with Crippen molar-refractivity contribution in [2.75, 3.05) is 0 Å². The Hall–Kier alpha value is 0. The van der Waals surface area contributed by atoms with Crippen molar-refractivity contribution in [3.8, 4) is 0 Å². The van der Waals surface area contributed by atoms with Gasteiger partial charge in [0.25, 0.3) is 0 Å². The summed E-state index contributed by atoms with van der Waals surface area (Å²) in [5.41, 5.74) is 0. The molecule has 0 heteroatoms. The van der Waals surface area contributed by atoms with E-state index in [-0.39, 0.29) is 0 Å². The molecule has 1 fully saturated rings. The van der Waals surface area contributed by atoms with Gasteiger partial charge in [-0.3, -0.25) is 0 Å². The second-order valence-electron chi connectivity index (χ2n) is 7.24. The van der Waals surface area contributed by atoms with Gasteiger partial charge >= 0.3 is 0 Å². The van der Waals surface area contributed by atoms with Crippen molar-refractivity contribution in [3.05, 3.63) is 0 Å². The second-order valence-corrected chi connectivity index (χ2v) is 7.24. The Morgan fingerprint density at radius 2 is 1.44 bits per heavy atom. The summed E-state index contributed by atoms with van der Waals surface area (Å²) in [5, 5.41) is 0. The van der Waals surface area contributed by atoms with E-state index in [1.165, 1.54) is 25.7 Å². The van der Waals surface area contributed by atoms with Crippen molar-refractivity contribution in [3.63, 3.8) is 0 Å². The summed E-state index contributed by atoms with van der Waals surface area (Å²) in [4.78, 5) is 0. The first kappa shape index (κ1) is 14.1. The first-order chi connectivity index (χ1) is 7.40. The minimum Gasteiger partial charge on any atom is -0.0628 e. The average molecular weight is 224 g/mol. The summed E-state index contributed by atoms with van der Waals surface area (Å²) in [7, 11) is 0. The highest BCUT2D eigenvalue weighted by Crippen LogP contribution is 2.43. The summed E-state index contributed by atoms with van der Waals surface area (Å²) in [5.74, 6) is 5.66. The van der Waals surface area contributed by atoms with Crippen LogP contribution in [0.1, 0.15) is 67.2 Å². The van der Waals surface area contributed by atoms with Crippen LogP contribution in [0.5, 0.6) is 0 Å². The number of rotatable bonds is 4. The van der Waals surface area contributed by atoms with Gasteiger partial charge in [-0.05, 0) is 61.2 Å². The Balaban J connectivity index is 2.64. The summed E-state index contributed by atoms with van der Waals surface area (Å²) in [6.07, 6.45) is 5.85. The van der Waals surface area contributed by atoms with Crippen LogP contribution in [-0.4, -0.2) is 0 Å². The van der Waals surface area contributed by atoms with Crippen LogP contribution in [0.3, 0.4) is 0 Å². The maximum absolute atomic E-state index is 2.50. The third kappa shape index (κ3) is 4.11. The summed E-state index contributed by atoms with van der Waals surface area (Å²) in [6, 6.07) is 0. The molecule has 0 saturated heterocycles. The van der Waals surface area contributed by atoms with Crippen LogP contribution in [0.15, 0.2) is 0 Å². The number of hydrogen-bond donors (Lipinski definition) is 0. The normalized spacial score (nSPS) is 36.0.